The van der Waals surface area contributed by atoms with Crippen LogP contribution in [0.1, 0.15) is 23.2 Å². The lowest BCUT2D eigenvalue weighted by Gasteiger charge is -2.16. The SMILES string of the molecule is COc1cc(-c2nscc2-c2cc(NC(=O)CCCN)c(OC)c(C(N)=O)c2)cc(OC)c1OC. The highest BCUT2D eigenvalue weighted by molar-refractivity contribution is 7.04. The molecule has 3 rings (SSSR count). The van der Waals surface area contributed by atoms with Crippen LogP contribution in [0.3, 0.4) is 0 Å². The fourth-order valence-corrected chi connectivity index (χ4v) is 4.34. The molecule has 11 heteroatoms. The number of nitrogens with one attached hydrogen (secondary N) is 1. The summed E-state index contributed by atoms with van der Waals surface area (Å²) in [4.78, 5) is 24.7. The predicted octanol–water partition coefficient (Wildman–Crippen LogP) is 3.29. The van der Waals surface area contributed by atoms with Crippen LogP contribution in [0, 0.1) is 0 Å². The third-order valence-electron chi connectivity index (χ3n) is 5.26. The molecule has 1 heterocycles. The number of amides is 2. The zero-order chi connectivity index (χ0) is 25.5. The quantitative estimate of drug-likeness (QED) is 0.363. The summed E-state index contributed by atoms with van der Waals surface area (Å²) in [6, 6.07) is 6.90. The average molecular weight is 501 g/mol. The number of methoxy groups -OCH3 is 4. The molecule has 0 spiro atoms. The Labute approximate surface area is 207 Å². The molecule has 0 aliphatic heterocycles. The summed E-state index contributed by atoms with van der Waals surface area (Å²) in [7, 11) is 6.00. The maximum atomic E-state index is 12.4. The van der Waals surface area contributed by atoms with Crippen molar-refractivity contribution in [2.75, 3.05) is 40.3 Å². The monoisotopic (exact) mass is 500 g/mol. The Morgan fingerprint density at radius 1 is 0.943 bits per heavy atom. The lowest BCUT2D eigenvalue weighted by atomic mass is 9.98. The molecule has 0 aliphatic rings. The highest BCUT2D eigenvalue weighted by Crippen LogP contribution is 2.44. The topological polar surface area (TPSA) is 148 Å². The minimum absolute atomic E-state index is 0.126. The number of primary amides is 1. The van der Waals surface area contributed by atoms with Gasteiger partial charge in [-0.1, -0.05) is 0 Å². The maximum Gasteiger partial charge on any atom is 0.252 e. The number of hydrogen-bond acceptors (Lipinski definition) is 9. The molecule has 0 fully saturated rings. The summed E-state index contributed by atoms with van der Waals surface area (Å²) < 4.78 is 26.3. The van der Waals surface area contributed by atoms with Crippen molar-refractivity contribution in [2.24, 2.45) is 11.5 Å². The maximum absolute atomic E-state index is 12.4. The van der Waals surface area contributed by atoms with Crippen molar-refractivity contribution in [2.45, 2.75) is 12.8 Å². The minimum Gasteiger partial charge on any atom is -0.494 e. The molecule has 0 unspecified atom stereocenters. The van der Waals surface area contributed by atoms with Gasteiger partial charge in [0.25, 0.3) is 5.91 Å². The van der Waals surface area contributed by atoms with E-state index in [1.54, 1.807) is 24.3 Å². The smallest absolute Gasteiger partial charge is 0.252 e. The summed E-state index contributed by atoms with van der Waals surface area (Å²) >= 11 is 1.24. The second-order valence-corrected chi connectivity index (χ2v) is 8.03. The number of nitrogens with zero attached hydrogens (tertiary/aromatic N) is 1. The standard InChI is InChI=1S/C24H28N4O6S/c1-31-18-10-14(11-19(32-2)23(18)34-4)21-16(12-35-28-21)13-8-15(24(26)30)22(33-3)17(9-13)27-20(29)6-5-7-25/h8-12H,5-7,25H2,1-4H3,(H2,26,30)(H,27,29). The molecule has 0 atom stereocenters. The number of rotatable bonds is 11. The number of anilines is 1. The van der Waals surface area contributed by atoms with E-state index >= 15 is 0 Å². The van der Waals surface area contributed by atoms with Gasteiger partial charge < -0.3 is 35.7 Å². The fraction of sp³-hybridized carbons (Fsp3) is 0.292. The van der Waals surface area contributed by atoms with Crippen LogP contribution in [-0.2, 0) is 4.79 Å². The van der Waals surface area contributed by atoms with Gasteiger partial charge in [0.05, 0.1) is 45.4 Å². The molecule has 2 aromatic carbocycles. The number of ether oxygens (including phenoxy) is 4. The second kappa shape index (κ2) is 11.5. The van der Waals surface area contributed by atoms with E-state index in [1.165, 1.54) is 40.0 Å². The van der Waals surface area contributed by atoms with Gasteiger partial charge >= 0.3 is 0 Å². The first-order chi connectivity index (χ1) is 16.9. The van der Waals surface area contributed by atoms with Gasteiger partial charge in [-0.2, -0.15) is 4.37 Å². The van der Waals surface area contributed by atoms with E-state index in [1.807, 2.05) is 5.38 Å². The molecule has 0 saturated heterocycles. The van der Waals surface area contributed by atoms with Crippen LogP contribution in [0.2, 0.25) is 0 Å². The molecule has 35 heavy (non-hydrogen) atoms. The van der Waals surface area contributed by atoms with Crippen LogP contribution in [0.25, 0.3) is 22.4 Å². The van der Waals surface area contributed by atoms with Crippen LogP contribution in [0.4, 0.5) is 5.69 Å². The molecule has 2 amide bonds. The van der Waals surface area contributed by atoms with Gasteiger partial charge in [-0.15, -0.1) is 0 Å². The number of nitrogens with two attached hydrogens (primary N) is 2. The van der Waals surface area contributed by atoms with E-state index in [4.69, 9.17) is 30.4 Å². The molecule has 5 N–H and O–H groups in total. The zero-order valence-corrected chi connectivity index (χ0v) is 20.8. The van der Waals surface area contributed by atoms with E-state index in [0.29, 0.717) is 58.3 Å². The summed E-state index contributed by atoms with van der Waals surface area (Å²) in [5.74, 6) is 0.633. The number of hydrogen-bond donors (Lipinski definition) is 3. The zero-order valence-electron chi connectivity index (χ0n) is 20.0. The number of carbonyl (C=O) groups is 2. The van der Waals surface area contributed by atoms with E-state index < -0.39 is 5.91 Å². The van der Waals surface area contributed by atoms with Gasteiger partial charge in [0.15, 0.2) is 17.2 Å². The lowest BCUT2D eigenvalue weighted by Crippen LogP contribution is -2.17. The lowest BCUT2D eigenvalue weighted by molar-refractivity contribution is -0.116. The first-order valence-electron chi connectivity index (χ1n) is 10.6. The summed E-state index contributed by atoms with van der Waals surface area (Å²) in [6.07, 6.45) is 0.753. The highest BCUT2D eigenvalue weighted by Gasteiger charge is 2.22. The Hall–Kier alpha value is -3.83. The van der Waals surface area contributed by atoms with Crippen molar-refractivity contribution in [3.63, 3.8) is 0 Å². The van der Waals surface area contributed by atoms with Crippen molar-refractivity contribution < 1.29 is 28.5 Å². The molecule has 0 radical (unpaired) electrons. The summed E-state index contributed by atoms with van der Waals surface area (Å²) in [5, 5.41) is 4.64. The average Bonchev–Trinajstić information content (AvgIpc) is 3.36. The molecule has 0 bridgehead atoms. The number of aromatic nitrogens is 1. The van der Waals surface area contributed by atoms with Crippen molar-refractivity contribution in [3.8, 4) is 45.4 Å². The van der Waals surface area contributed by atoms with Crippen molar-refractivity contribution in [1.82, 2.24) is 4.37 Å². The van der Waals surface area contributed by atoms with E-state index in [9.17, 15) is 9.59 Å². The first kappa shape index (κ1) is 25.8. The molecule has 3 aromatic rings. The fourth-order valence-electron chi connectivity index (χ4n) is 3.62. The van der Waals surface area contributed by atoms with Gasteiger partial charge in [0.1, 0.15) is 0 Å². The van der Waals surface area contributed by atoms with Crippen molar-refractivity contribution >= 4 is 29.0 Å². The number of benzene rings is 2. The van der Waals surface area contributed by atoms with E-state index in [0.717, 1.165) is 0 Å². The van der Waals surface area contributed by atoms with Gasteiger partial charge in [-0.25, -0.2) is 0 Å². The number of carbonyl (C=O) groups excluding carboxylic acids is 2. The molecule has 0 saturated carbocycles. The first-order valence-corrected chi connectivity index (χ1v) is 11.5. The third-order valence-corrected chi connectivity index (χ3v) is 5.89. The summed E-state index contributed by atoms with van der Waals surface area (Å²) in [6.45, 7) is 0.385. The molecule has 10 nitrogen and oxygen atoms in total. The van der Waals surface area contributed by atoms with Gasteiger partial charge in [0.2, 0.25) is 11.7 Å². The van der Waals surface area contributed by atoms with Crippen LogP contribution < -0.4 is 35.7 Å². The Morgan fingerprint density at radius 2 is 1.60 bits per heavy atom. The van der Waals surface area contributed by atoms with Gasteiger partial charge in [0, 0.05) is 22.9 Å². The Morgan fingerprint density at radius 3 is 2.14 bits per heavy atom. The molecule has 1 aromatic heterocycles. The Kier molecular flexibility index (Phi) is 8.50. The highest BCUT2D eigenvalue weighted by atomic mass is 32.1. The van der Waals surface area contributed by atoms with Gasteiger partial charge in [-0.05, 0) is 54.3 Å². The molecular formula is C24H28N4O6S. The molecule has 0 aliphatic carbocycles. The van der Waals surface area contributed by atoms with Crippen LogP contribution in [0.15, 0.2) is 29.6 Å². The van der Waals surface area contributed by atoms with E-state index in [-0.39, 0.29) is 23.6 Å². The molecule has 186 valence electrons. The largest absolute Gasteiger partial charge is 0.494 e. The van der Waals surface area contributed by atoms with Crippen LogP contribution in [0.5, 0.6) is 23.0 Å². The summed E-state index contributed by atoms with van der Waals surface area (Å²) in [5.41, 5.74) is 14.3. The molecular weight excluding hydrogens is 472 g/mol. The van der Waals surface area contributed by atoms with Crippen LogP contribution >= 0.6 is 11.5 Å². The normalized spacial score (nSPS) is 10.5. The Balaban J connectivity index is 2.17. The Bertz CT molecular complexity index is 1200. The van der Waals surface area contributed by atoms with Crippen molar-refractivity contribution in [3.05, 3.63) is 35.2 Å². The van der Waals surface area contributed by atoms with Crippen LogP contribution in [-0.4, -0.2) is 51.2 Å². The van der Waals surface area contributed by atoms with E-state index in [2.05, 4.69) is 9.69 Å². The third kappa shape index (κ3) is 5.47. The van der Waals surface area contributed by atoms with Crippen molar-refractivity contribution in [1.29, 1.82) is 0 Å². The van der Waals surface area contributed by atoms with Gasteiger partial charge in [-0.3, -0.25) is 9.59 Å². The second-order valence-electron chi connectivity index (χ2n) is 7.40. The predicted molar refractivity (Wildman–Crippen MR) is 135 cm³/mol. The minimum atomic E-state index is -0.696.